The molecule has 4 aliphatic rings. The number of Topliss-reactive ketones (excluding diaryl/α,β-unsaturated/α-hetero) is 4. The van der Waals surface area contributed by atoms with Crippen LogP contribution in [0.25, 0.3) is 0 Å². The van der Waals surface area contributed by atoms with E-state index in [0.717, 1.165) is 51.4 Å². The Hall–Kier alpha value is -3.06. The van der Waals surface area contributed by atoms with Gasteiger partial charge in [0.05, 0.1) is 11.0 Å². The summed E-state index contributed by atoms with van der Waals surface area (Å²) >= 11 is 17.6. The first-order chi connectivity index (χ1) is 23.3. The highest BCUT2D eigenvalue weighted by Crippen LogP contribution is 2.45. The van der Waals surface area contributed by atoms with Crippen LogP contribution in [0.15, 0.2) is 69.2 Å². The number of benzene rings is 2. The number of carbonyl (C=O) groups is 5. The van der Waals surface area contributed by atoms with Crippen molar-refractivity contribution in [1.82, 2.24) is 0 Å². The average molecular weight is 742 g/mol. The van der Waals surface area contributed by atoms with Gasteiger partial charge >= 0.3 is 5.97 Å². The highest BCUT2D eigenvalue weighted by atomic mass is 35.5. The smallest absolute Gasteiger partial charge is 0.306 e. The molecule has 6 nitrogen and oxygen atoms in total. The number of hydrogen-bond acceptors (Lipinski definition) is 5. The molecule has 0 spiro atoms. The molecule has 2 aromatic carbocycles. The Bertz CT molecular complexity index is 1680. The number of hydrogen-bond donors (Lipinski definition) is 1. The lowest BCUT2D eigenvalue weighted by Gasteiger charge is -2.38. The second-order valence-electron chi connectivity index (χ2n) is 15.9. The van der Waals surface area contributed by atoms with E-state index in [4.69, 9.17) is 39.9 Å². The number of fused-ring (bicyclic) bond motifs is 2. The number of rotatable bonds is 2. The van der Waals surface area contributed by atoms with Crippen LogP contribution in [-0.2, 0) is 4.79 Å². The lowest BCUT2D eigenvalue weighted by atomic mass is 9.67. The van der Waals surface area contributed by atoms with E-state index in [0.29, 0.717) is 50.5 Å². The summed E-state index contributed by atoms with van der Waals surface area (Å²) in [6.45, 7) is 13.6. The van der Waals surface area contributed by atoms with Crippen LogP contribution in [-0.4, -0.2) is 34.2 Å². The van der Waals surface area contributed by atoms with Crippen LogP contribution < -0.4 is 0 Å². The van der Waals surface area contributed by atoms with Gasteiger partial charge in [-0.15, -0.1) is 0 Å². The Kier molecular flexibility index (Phi) is 12.8. The topological polar surface area (TPSA) is 106 Å². The summed E-state index contributed by atoms with van der Waals surface area (Å²) in [5.41, 5.74) is 2.78. The van der Waals surface area contributed by atoms with E-state index in [1.807, 2.05) is 0 Å². The zero-order valence-electron chi connectivity index (χ0n) is 29.7. The highest BCUT2D eigenvalue weighted by Gasteiger charge is 2.38. The molecular weight excluding hydrogens is 695 g/mol. The summed E-state index contributed by atoms with van der Waals surface area (Å²) in [6, 6.07) is 13.5. The summed E-state index contributed by atoms with van der Waals surface area (Å²) in [5, 5.41) is 8.58. The van der Waals surface area contributed by atoms with Gasteiger partial charge < -0.3 is 5.11 Å². The van der Waals surface area contributed by atoms with Gasteiger partial charge in [0.25, 0.3) is 0 Å². The van der Waals surface area contributed by atoms with Crippen LogP contribution in [0.1, 0.15) is 134 Å². The second kappa shape index (κ2) is 16.1. The number of ketones is 4. The van der Waals surface area contributed by atoms with Gasteiger partial charge in [0.15, 0.2) is 5.78 Å². The number of carboxylic acid groups (broad SMARTS) is 1. The normalized spacial score (nSPS) is 24.0. The van der Waals surface area contributed by atoms with Crippen molar-refractivity contribution in [3.8, 4) is 0 Å². The number of halogens is 3. The standard InChI is InChI=1S/C20H23ClO2.C11H20O2.C10H4Cl2O2/c1-20(2,3)13-10-8-12(9-11-13)16-17(21)19(23)15-7-5-4-6-14(15)18(16)22;1-11(2,3)9-6-4-8(5-7-9)10(12)13;11-7-8(12)10(14)6-4-2-1-3-5(6)9(7)13/h4-7,12-13H,8-11H2,1-3H3;8-9H,4-7H2,1-3H3,(H,12,13);1-4H. The molecule has 9 heteroatoms. The van der Waals surface area contributed by atoms with Crippen LogP contribution in [0.5, 0.6) is 0 Å². The number of carbonyl (C=O) groups excluding carboxylic acids is 4. The number of aliphatic carboxylic acids is 1. The third-order valence-electron chi connectivity index (χ3n) is 10.8. The van der Waals surface area contributed by atoms with Crippen molar-refractivity contribution in [2.45, 2.75) is 92.9 Å². The molecule has 0 saturated heterocycles. The van der Waals surface area contributed by atoms with Crippen LogP contribution in [0.4, 0.5) is 0 Å². The van der Waals surface area contributed by atoms with E-state index in [9.17, 15) is 24.0 Å². The molecule has 0 amide bonds. The molecule has 1 N–H and O–H groups in total. The lowest BCUT2D eigenvalue weighted by molar-refractivity contribution is -0.143. The number of allylic oxidation sites excluding steroid dienone is 4. The minimum Gasteiger partial charge on any atom is -0.481 e. The van der Waals surface area contributed by atoms with Gasteiger partial charge in [0.2, 0.25) is 17.3 Å². The summed E-state index contributed by atoms with van der Waals surface area (Å²) in [6.07, 6.45) is 7.97. The molecule has 2 fully saturated rings. The molecule has 2 saturated carbocycles. The minimum atomic E-state index is -0.604. The van der Waals surface area contributed by atoms with Crippen molar-refractivity contribution in [2.75, 3.05) is 0 Å². The monoisotopic (exact) mass is 740 g/mol. The summed E-state index contributed by atoms with van der Waals surface area (Å²) < 4.78 is 0. The Morgan fingerprint density at radius 1 is 0.540 bits per heavy atom. The maximum atomic E-state index is 12.9. The molecule has 0 aliphatic heterocycles. The van der Waals surface area contributed by atoms with Gasteiger partial charge in [-0.2, -0.15) is 0 Å². The zero-order chi connectivity index (χ0) is 37.1. The van der Waals surface area contributed by atoms with E-state index in [1.165, 1.54) is 0 Å². The third kappa shape index (κ3) is 8.86. The first-order valence-corrected chi connectivity index (χ1v) is 18.5. The SMILES string of the molecule is CC(C)(C)C1CCC(C(=O)O)CC1.CC(C)(C)C1CCC(C2=C(Cl)C(=O)c3ccccc3C2=O)CC1.O=C1C(Cl)=C(Cl)C(=O)c2ccccc21. The van der Waals surface area contributed by atoms with Crippen LogP contribution in [0, 0.1) is 34.5 Å². The molecule has 0 radical (unpaired) electrons. The van der Waals surface area contributed by atoms with Crippen molar-refractivity contribution in [3.05, 3.63) is 91.5 Å². The van der Waals surface area contributed by atoms with Gasteiger partial charge in [0, 0.05) is 27.8 Å². The van der Waals surface area contributed by atoms with E-state index in [1.54, 1.807) is 48.5 Å². The quantitative estimate of drug-likeness (QED) is 0.328. The van der Waals surface area contributed by atoms with E-state index >= 15 is 0 Å². The summed E-state index contributed by atoms with van der Waals surface area (Å²) in [5.74, 6) is -0.224. The number of carboxylic acids is 1. The Balaban J connectivity index is 0.000000180. The van der Waals surface area contributed by atoms with Crippen LogP contribution in [0.3, 0.4) is 0 Å². The van der Waals surface area contributed by atoms with E-state index in [2.05, 4.69) is 41.5 Å². The molecule has 0 aromatic heterocycles. The van der Waals surface area contributed by atoms with Crippen LogP contribution in [0.2, 0.25) is 0 Å². The van der Waals surface area contributed by atoms with Gasteiger partial charge in [0.1, 0.15) is 10.1 Å². The maximum absolute atomic E-state index is 12.9. The highest BCUT2D eigenvalue weighted by molar-refractivity contribution is 6.59. The molecule has 4 aliphatic carbocycles. The van der Waals surface area contributed by atoms with Crippen LogP contribution >= 0.6 is 34.8 Å². The molecule has 0 atom stereocenters. The molecule has 2 aromatic rings. The predicted molar refractivity (Wildman–Crippen MR) is 199 cm³/mol. The molecule has 0 heterocycles. The molecule has 0 bridgehead atoms. The van der Waals surface area contributed by atoms with Crippen molar-refractivity contribution in [3.63, 3.8) is 0 Å². The lowest BCUT2D eigenvalue weighted by Crippen LogP contribution is -2.30. The summed E-state index contributed by atoms with van der Waals surface area (Å²) in [4.78, 5) is 59.2. The second-order valence-corrected chi connectivity index (χ2v) is 17.1. The first kappa shape index (κ1) is 39.7. The van der Waals surface area contributed by atoms with Gasteiger partial charge in [-0.05, 0) is 80.0 Å². The maximum Gasteiger partial charge on any atom is 0.306 e. The largest absolute Gasteiger partial charge is 0.481 e. The Morgan fingerprint density at radius 3 is 1.20 bits per heavy atom. The van der Waals surface area contributed by atoms with Gasteiger partial charge in [-0.1, -0.05) is 125 Å². The van der Waals surface area contributed by atoms with Crippen molar-refractivity contribution < 1.29 is 29.1 Å². The minimum absolute atomic E-state index is 0.0515. The predicted octanol–water partition coefficient (Wildman–Crippen LogP) is 11.1. The van der Waals surface area contributed by atoms with E-state index < -0.39 is 17.5 Å². The average Bonchev–Trinajstić information content (AvgIpc) is 3.09. The zero-order valence-corrected chi connectivity index (χ0v) is 32.0. The van der Waals surface area contributed by atoms with E-state index in [-0.39, 0.29) is 38.5 Å². The fraction of sp³-hybridized carbons (Fsp3) is 0.488. The van der Waals surface area contributed by atoms with Crippen molar-refractivity contribution in [2.24, 2.45) is 34.5 Å². The molecule has 268 valence electrons. The molecule has 6 rings (SSSR count). The van der Waals surface area contributed by atoms with Crippen molar-refractivity contribution >= 4 is 63.9 Å². The fourth-order valence-corrected chi connectivity index (χ4v) is 8.22. The first-order valence-electron chi connectivity index (χ1n) is 17.4. The molecular formula is C41H47Cl3O6. The fourth-order valence-electron chi connectivity index (χ4n) is 7.50. The Morgan fingerprint density at radius 2 is 0.860 bits per heavy atom. The summed E-state index contributed by atoms with van der Waals surface area (Å²) in [7, 11) is 0. The van der Waals surface area contributed by atoms with Gasteiger partial charge in [-0.25, -0.2) is 0 Å². The molecule has 50 heavy (non-hydrogen) atoms. The molecule has 0 unspecified atom stereocenters. The van der Waals surface area contributed by atoms with Gasteiger partial charge in [-0.3, -0.25) is 24.0 Å². The third-order valence-corrected chi connectivity index (χ3v) is 12.0. The van der Waals surface area contributed by atoms with Crippen molar-refractivity contribution in [1.29, 1.82) is 0 Å². The Labute approximate surface area is 310 Å².